The minimum absolute atomic E-state index is 0. The van der Waals surface area contributed by atoms with Gasteiger partial charge in [0.2, 0.25) is 0 Å². The molecule has 9 heteroatoms. The standard InChI is InChI=1S/C24H35FN6O.HI/c1-5-30(6-2)22(18-9-7-10-20(15-18)32-4)16-28-24(26-3)29-19-12-14-31(17-19)23-21(25)11-8-13-27-23;/h7-11,13,15,19,22H,5-6,12,14,16-17H2,1-4H3,(H2,26,28,29);1H. The van der Waals surface area contributed by atoms with Crippen molar-refractivity contribution < 1.29 is 9.13 Å². The number of anilines is 1. The summed E-state index contributed by atoms with van der Waals surface area (Å²) in [6.07, 6.45) is 2.53. The molecule has 1 aromatic heterocycles. The summed E-state index contributed by atoms with van der Waals surface area (Å²) in [4.78, 5) is 13.0. The lowest BCUT2D eigenvalue weighted by Crippen LogP contribution is -2.47. The molecule has 1 aliphatic heterocycles. The predicted molar refractivity (Wildman–Crippen MR) is 143 cm³/mol. The van der Waals surface area contributed by atoms with Crippen LogP contribution in [-0.2, 0) is 0 Å². The van der Waals surface area contributed by atoms with Crippen molar-refractivity contribution >= 4 is 35.8 Å². The van der Waals surface area contributed by atoms with E-state index in [2.05, 4.69) is 51.5 Å². The van der Waals surface area contributed by atoms with Gasteiger partial charge in [-0.3, -0.25) is 9.89 Å². The Labute approximate surface area is 213 Å². The maximum Gasteiger partial charge on any atom is 0.191 e. The van der Waals surface area contributed by atoms with E-state index in [0.717, 1.165) is 37.8 Å². The molecule has 1 fully saturated rings. The number of nitrogens with zero attached hydrogens (tertiary/aromatic N) is 4. The number of rotatable bonds is 9. The van der Waals surface area contributed by atoms with Gasteiger partial charge < -0.3 is 20.3 Å². The lowest BCUT2D eigenvalue weighted by atomic mass is 10.0. The summed E-state index contributed by atoms with van der Waals surface area (Å²) < 4.78 is 19.5. The summed E-state index contributed by atoms with van der Waals surface area (Å²) in [6.45, 7) is 8.39. The van der Waals surface area contributed by atoms with Gasteiger partial charge in [0.25, 0.3) is 0 Å². The van der Waals surface area contributed by atoms with E-state index < -0.39 is 0 Å². The minimum Gasteiger partial charge on any atom is -0.497 e. The molecule has 2 heterocycles. The van der Waals surface area contributed by atoms with E-state index in [1.165, 1.54) is 11.6 Å². The average molecular weight is 570 g/mol. The molecule has 7 nitrogen and oxygen atoms in total. The van der Waals surface area contributed by atoms with Crippen molar-refractivity contribution in [1.82, 2.24) is 20.5 Å². The Morgan fingerprint density at radius 3 is 2.76 bits per heavy atom. The Morgan fingerprint density at radius 1 is 1.30 bits per heavy atom. The van der Waals surface area contributed by atoms with Crippen molar-refractivity contribution in [1.29, 1.82) is 0 Å². The second-order valence-electron chi connectivity index (χ2n) is 7.85. The number of benzene rings is 1. The van der Waals surface area contributed by atoms with Crippen LogP contribution < -0.4 is 20.3 Å². The summed E-state index contributed by atoms with van der Waals surface area (Å²) >= 11 is 0. The average Bonchev–Trinajstić information content (AvgIpc) is 3.29. The SMILES string of the molecule is CCN(CC)C(CNC(=NC)NC1CCN(c2ncccc2F)C1)c1cccc(OC)c1.I. The van der Waals surface area contributed by atoms with Crippen LogP contribution in [0.1, 0.15) is 31.9 Å². The number of likely N-dealkylation sites (N-methyl/N-ethyl adjacent to an activating group) is 1. The van der Waals surface area contributed by atoms with Crippen molar-refractivity contribution in [3.8, 4) is 5.75 Å². The van der Waals surface area contributed by atoms with Gasteiger partial charge in [-0.15, -0.1) is 24.0 Å². The highest BCUT2D eigenvalue weighted by Crippen LogP contribution is 2.24. The first-order valence-electron chi connectivity index (χ1n) is 11.3. The summed E-state index contributed by atoms with van der Waals surface area (Å²) in [5, 5.41) is 6.99. The van der Waals surface area contributed by atoms with Crippen LogP contribution in [0.2, 0.25) is 0 Å². The number of ether oxygens (including phenoxy) is 1. The number of aromatic nitrogens is 1. The second kappa shape index (κ2) is 13.5. The summed E-state index contributed by atoms with van der Waals surface area (Å²) in [5.74, 6) is 1.74. The van der Waals surface area contributed by atoms with Crippen LogP contribution in [0.5, 0.6) is 5.75 Å². The summed E-state index contributed by atoms with van der Waals surface area (Å²) in [6, 6.07) is 11.7. The lowest BCUT2D eigenvalue weighted by Gasteiger charge is -2.31. The third-order valence-electron chi connectivity index (χ3n) is 5.99. The van der Waals surface area contributed by atoms with E-state index in [4.69, 9.17) is 4.74 Å². The molecule has 0 bridgehead atoms. The molecule has 1 aliphatic rings. The molecule has 2 N–H and O–H groups in total. The summed E-state index contributed by atoms with van der Waals surface area (Å²) in [5.41, 5.74) is 1.20. The quantitative estimate of drug-likeness (QED) is 0.273. The fourth-order valence-corrected chi connectivity index (χ4v) is 4.23. The van der Waals surface area contributed by atoms with Crippen molar-refractivity contribution in [2.75, 3.05) is 51.8 Å². The first-order valence-corrected chi connectivity index (χ1v) is 11.3. The second-order valence-corrected chi connectivity index (χ2v) is 7.85. The van der Waals surface area contributed by atoms with E-state index in [-0.39, 0.29) is 41.9 Å². The van der Waals surface area contributed by atoms with Gasteiger partial charge in [-0.2, -0.15) is 0 Å². The monoisotopic (exact) mass is 570 g/mol. The van der Waals surface area contributed by atoms with E-state index in [9.17, 15) is 4.39 Å². The largest absolute Gasteiger partial charge is 0.497 e. The van der Waals surface area contributed by atoms with E-state index in [1.807, 2.05) is 17.0 Å². The van der Waals surface area contributed by atoms with Crippen molar-refractivity contribution in [3.05, 3.63) is 54.0 Å². The number of guanidine groups is 1. The van der Waals surface area contributed by atoms with Crippen LogP contribution in [0.3, 0.4) is 0 Å². The van der Waals surface area contributed by atoms with Crippen LogP contribution in [0, 0.1) is 5.82 Å². The number of hydrogen-bond donors (Lipinski definition) is 2. The normalized spacial score (nSPS) is 17.0. The zero-order chi connectivity index (χ0) is 22.9. The van der Waals surface area contributed by atoms with Crippen LogP contribution in [0.25, 0.3) is 0 Å². The molecular formula is C24H36FIN6O. The molecule has 1 aromatic carbocycles. The van der Waals surface area contributed by atoms with Gasteiger partial charge in [0, 0.05) is 38.9 Å². The first kappa shape index (κ1) is 27.1. The highest BCUT2D eigenvalue weighted by molar-refractivity contribution is 14.0. The van der Waals surface area contributed by atoms with Gasteiger partial charge in [0.1, 0.15) is 5.75 Å². The number of hydrogen-bond acceptors (Lipinski definition) is 5. The molecule has 2 unspecified atom stereocenters. The zero-order valence-corrected chi connectivity index (χ0v) is 22.3. The van der Waals surface area contributed by atoms with E-state index >= 15 is 0 Å². The highest BCUT2D eigenvalue weighted by Gasteiger charge is 2.26. The summed E-state index contributed by atoms with van der Waals surface area (Å²) in [7, 11) is 3.47. The van der Waals surface area contributed by atoms with Crippen molar-refractivity contribution in [2.24, 2.45) is 4.99 Å². The Balaban J connectivity index is 0.00000385. The Hall–Kier alpha value is -2.14. The molecule has 2 aromatic rings. The number of methoxy groups -OCH3 is 1. The molecule has 0 radical (unpaired) electrons. The molecular weight excluding hydrogens is 534 g/mol. The Bertz CT molecular complexity index is 895. The molecule has 0 saturated carbocycles. The van der Waals surface area contributed by atoms with Crippen LogP contribution >= 0.6 is 24.0 Å². The van der Waals surface area contributed by atoms with Crippen LogP contribution in [-0.4, -0.2) is 68.8 Å². The van der Waals surface area contributed by atoms with Gasteiger partial charge in [-0.1, -0.05) is 26.0 Å². The van der Waals surface area contributed by atoms with Crippen molar-refractivity contribution in [2.45, 2.75) is 32.4 Å². The Kier molecular flexibility index (Phi) is 11.1. The third kappa shape index (κ3) is 7.17. The molecule has 0 aliphatic carbocycles. The van der Waals surface area contributed by atoms with Gasteiger partial charge >= 0.3 is 0 Å². The molecule has 182 valence electrons. The molecule has 3 rings (SSSR count). The Morgan fingerprint density at radius 2 is 2.09 bits per heavy atom. The van der Waals surface area contributed by atoms with Crippen molar-refractivity contribution in [3.63, 3.8) is 0 Å². The van der Waals surface area contributed by atoms with E-state index in [0.29, 0.717) is 18.9 Å². The van der Waals surface area contributed by atoms with Gasteiger partial charge in [-0.25, -0.2) is 9.37 Å². The van der Waals surface area contributed by atoms with Crippen LogP contribution in [0.4, 0.5) is 10.2 Å². The van der Waals surface area contributed by atoms with Gasteiger partial charge in [-0.05, 0) is 49.3 Å². The fraction of sp³-hybridized carbons (Fsp3) is 0.500. The lowest BCUT2D eigenvalue weighted by molar-refractivity contribution is 0.218. The molecule has 2 atom stereocenters. The van der Waals surface area contributed by atoms with Gasteiger partial charge in [0.05, 0.1) is 13.2 Å². The number of aliphatic imine (C=N–C) groups is 1. The molecule has 1 saturated heterocycles. The zero-order valence-electron chi connectivity index (χ0n) is 19.9. The van der Waals surface area contributed by atoms with E-state index in [1.54, 1.807) is 26.4 Å². The number of halogens is 2. The predicted octanol–water partition coefficient (Wildman–Crippen LogP) is 3.67. The first-order chi connectivity index (χ1) is 15.6. The minimum atomic E-state index is -0.281. The smallest absolute Gasteiger partial charge is 0.191 e. The molecule has 33 heavy (non-hydrogen) atoms. The highest BCUT2D eigenvalue weighted by atomic mass is 127. The fourth-order valence-electron chi connectivity index (χ4n) is 4.23. The maximum absolute atomic E-state index is 14.1. The molecule has 0 spiro atoms. The van der Waals surface area contributed by atoms with Crippen LogP contribution in [0.15, 0.2) is 47.6 Å². The maximum atomic E-state index is 14.1. The molecule has 0 amide bonds. The third-order valence-corrected chi connectivity index (χ3v) is 5.99. The topological polar surface area (TPSA) is 65.0 Å². The number of pyridine rings is 1. The van der Waals surface area contributed by atoms with Gasteiger partial charge in [0.15, 0.2) is 17.6 Å². The number of nitrogens with one attached hydrogen (secondary N) is 2.